The fourth-order valence-corrected chi connectivity index (χ4v) is 2.96. The van der Waals surface area contributed by atoms with E-state index in [1.54, 1.807) is 11.3 Å². The van der Waals surface area contributed by atoms with E-state index in [1.165, 1.54) is 4.88 Å². The Hall–Kier alpha value is -1.38. The molecule has 0 spiro atoms. The zero-order valence-corrected chi connectivity index (χ0v) is 12.2. The molecule has 0 bridgehead atoms. The fourth-order valence-electron chi connectivity index (χ4n) is 2.18. The van der Waals surface area contributed by atoms with E-state index >= 15 is 0 Å². The highest BCUT2D eigenvalue weighted by Crippen LogP contribution is 2.39. The van der Waals surface area contributed by atoms with Gasteiger partial charge in [-0.1, -0.05) is 6.07 Å². The molecule has 102 valence electrons. The predicted octanol–water partition coefficient (Wildman–Crippen LogP) is 1.99. The molecule has 19 heavy (non-hydrogen) atoms. The molecule has 1 N–H and O–H groups in total. The lowest BCUT2D eigenvalue weighted by molar-refractivity contribution is -0.123. The first kappa shape index (κ1) is 14.0. The second-order valence-electron chi connectivity index (χ2n) is 5.39. The summed E-state index contributed by atoms with van der Waals surface area (Å²) in [6.07, 6.45) is 2.07. The minimum atomic E-state index is -0.694. The third-order valence-electron chi connectivity index (χ3n) is 3.44. The predicted molar refractivity (Wildman–Crippen MR) is 75.5 cm³/mol. The van der Waals surface area contributed by atoms with Crippen molar-refractivity contribution in [3.05, 3.63) is 22.4 Å². The van der Waals surface area contributed by atoms with Gasteiger partial charge in [0.1, 0.15) is 5.54 Å². The van der Waals surface area contributed by atoms with Crippen molar-refractivity contribution in [1.82, 2.24) is 10.2 Å². The second-order valence-corrected chi connectivity index (χ2v) is 6.42. The minimum Gasteiger partial charge on any atom is -0.337 e. The number of nitrogens with zero attached hydrogens (tertiary/aromatic N) is 2. The average molecular weight is 277 g/mol. The number of thiophene rings is 1. The SMILES string of the molecule is CN(CC(=O)N[C@](C)(C#N)C1CC1)Cc1cccs1. The van der Waals surface area contributed by atoms with Crippen molar-refractivity contribution in [3.8, 4) is 6.07 Å². The molecule has 1 amide bonds. The average Bonchev–Trinajstić information content (AvgIpc) is 3.10. The van der Waals surface area contributed by atoms with Crippen molar-refractivity contribution in [3.63, 3.8) is 0 Å². The van der Waals surface area contributed by atoms with Gasteiger partial charge in [0.2, 0.25) is 5.91 Å². The molecule has 1 atom stereocenters. The molecular weight excluding hydrogens is 258 g/mol. The van der Waals surface area contributed by atoms with Crippen LogP contribution in [0.5, 0.6) is 0 Å². The van der Waals surface area contributed by atoms with Crippen LogP contribution in [0.15, 0.2) is 17.5 Å². The van der Waals surface area contributed by atoms with Crippen LogP contribution in [0.3, 0.4) is 0 Å². The summed E-state index contributed by atoms with van der Waals surface area (Å²) in [6.45, 7) is 2.90. The van der Waals surface area contributed by atoms with Crippen LogP contribution in [-0.2, 0) is 11.3 Å². The van der Waals surface area contributed by atoms with Gasteiger partial charge in [0.15, 0.2) is 0 Å². The quantitative estimate of drug-likeness (QED) is 0.865. The van der Waals surface area contributed by atoms with E-state index < -0.39 is 5.54 Å². The molecule has 4 nitrogen and oxygen atoms in total. The van der Waals surface area contributed by atoms with Crippen LogP contribution >= 0.6 is 11.3 Å². The van der Waals surface area contributed by atoms with E-state index in [9.17, 15) is 10.1 Å². The molecular formula is C14H19N3OS. The smallest absolute Gasteiger partial charge is 0.235 e. The lowest BCUT2D eigenvalue weighted by Gasteiger charge is -2.24. The molecule has 5 heteroatoms. The molecule has 0 unspecified atom stereocenters. The summed E-state index contributed by atoms with van der Waals surface area (Å²) in [5.41, 5.74) is -0.694. The van der Waals surface area contributed by atoms with Crippen LogP contribution in [0, 0.1) is 17.2 Å². The Morgan fingerprint density at radius 1 is 1.68 bits per heavy atom. The lowest BCUT2D eigenvalue weighted by atomic mass is 9.98. The van der Waals surface area contributed by atoms with E-state index in [0.29, 0.717) is 12.5 Å². The maximum Gasteiger partial charge on any atom is 0.235 e. The van der Waals surface area contributed by atoms with Gasteiger partial charge in [0.05, 0.1) is 12.6 Å². The molecule has 0 aromatic carbocycles. The number of rotatable bonds is 6. The first-order chi connectivity index (χ1) is 9.03. The normalized spacial score (nSPS) is 17.8. The number of hydrogen-bond acceptors (Lipinski definition) is 4. The molecule has 1 aromatic rings. The van der Waals surface area contributed by atoms with Crippen molar-refractivity contribution in [1.29, 1.82) is 5.26 Å². The molecule has 1 fully saturated rings. The van der Waals surface area contributed by atoms with Crippen LogP contribution in [0.1, 0.15) is 24.6 Å². The number of amides is 1. The van der Waals surface area contributed by atoms with Crippen molar-refractivity contribution in [2.24, 2.45) is 5.92 Å². The molecule has 1 aromatic heterocycles. The third-order valence-corrected chi connectivity index (χ3v) is 4.31. The number of likely N-dealkylation sites (N-methyl/N-ethyl adjacent to an activating group) is 1. The Morgan fingerprint density at radius 2 is 2.42 bits per heavy atom. The summed E-state index contributed by atoms with van der Waals surface area (Å²) in [4.78, 5) is 15.2. The largest absolute Gasteiger partial charge is 0.337 e. The van der Waals surface area contributed by atoms with Gasteiger partial charge in [-0.25, -0.2) is 0 Å². The number of carbonyl (C=O) groups excluding carboxylic acids is 1. The van der Waals surface area contributed by atoms with Crippen LogP contribution < -0.4 is 5.32 Å². The maximum atomic E-state index is 12.0. The van der Waals surface area contributed by atoms with Crippen LogP contribution in [-0.4, -0.2) is 29.9 Å². The van der Waals surface area contributed by atoms with Gasteiger partial charge >= 0.3 is 0 Å². The molecule has 0 aliphatic heterocycles. The van der Waals surface area contributed by atoms with Crippen LogP contribution in [0.25, 0.3) is 0 Å². The minimum absolute atomic E-state index is 0.0741. The Bertz CT molecular complexity index is 475. The monoisotopic (exact) mass is 277 g/mol. The highest BCUT2D eigenvalue weighted by atomic mass is 32.1. The second kappa shape index (κ2) is 5.72. The van der Waals surface area contributed by atoms with Crippen LogP contribution in [0.4, 0.5) is 0 Å². The van der Waals surface area contributed by atoms with Gasteiger partial charge < -0.3 is 5.32 Å². The van der Waals surface area contributed by atoms with Gasteiger partial charge in [0, 0.05) is 11.4 Å². The van der Waals surface area contributed by atoms with E-state index in [4.69, 9.17) is 0 Å². The number of carbonyl (C=O) groups is 1. The maximum absolute atomic E-state index is 12.0. The van der Waals surface area contributed by atoms with E-state index in [2.05, 4.69) is 17.5 Å². The number of nitrogens with one attached hydrogen (secondary N) is 1. The zero-order chi connectivity index (χ0) is 13.9. The van der Waals surface area contributed by atoms with Crippen molar-refractivity contribution < 1.29 is 4.79 Å². The molecule has 0 saturated heterocycles. The van der Waals surface area contributed by atoms with Gasteiger partial charge in [-0.05, 0) is 44.2 Å². The third kappa shape index (κ3) is 3.79. The highest BCUT2D eigenvalue weighted by Gasteiger charge is 2.42. The first-order valence-corrected chi connectivity index (χ1v) is 7.34. The molecule has 0 radical (unpaired) electrons. The fraction of sp³-hybridized carbons (Fsp3) is 0.571. The lowest BCUT2D eigenvalue weighted by Crippen LogP contribution is -2.49. The van der Waals surface area contributed by atoms with Gasteiger partial charge in [-0.2, -0.15) is 5.26 Å². The summed E-state index contributed by atoms with van der Waals surface area (Å²) in [6, 6.07) is 6.31. The summed E-state index contributed by atoms with van der Waals surface area (Å²) in [7, 11) is 1.92. The Morgan fingerprint density at radius 3 is 2.95 bits per heavy atom. The van der Waals surface area contributed by atoms with Crippen molar-refractivity contribution in [2.75, 3.05) is 13.6 Å². The summed E-state index contributed by atoms with van der Waals surface area (Å²) >= 11 is 1.69. The molecule has 1 heterocycles. The summed E-state index contributed by atoms with van der Waals surface area (Å²) < 4.78 is 0. The van der Waals surface area contributed by atoms with Crippen molar-refractivity contribution >= 4 is 17.2 Å². The van der Waals surface area contributed by atoms with E-state index in [0.717, 1.165) is 19.4 Å². The van der Waals surface area contributed by atoms with E-state index in [1.807, 2.05) is 30.3 Å². The molecule has 1 aliphatic rings. The summed E-state index contributed by atoms with van der Waals surface area (Å²) in [5.74, 6) is 0.249. The molecule has 1 aliphatic carbocycles. The van der Waals surface area contributed by atoms with Crippen molar-refractivity contribution in [2.45, 2.75) is 31.8 Å². The first-order valence-electron chi connectivity index (χ1n) is 6.46. The van der Waals surface area contributed by atoms with Gasteiger partial charge in [0.25, 0.3) is 0 Å². The van der Waals surface area contributed by atoms with Gasteiger partial charge in [-0.3, -0.25) is 9.69 Å². The molecule has 2 rings (SSSR count). The Labute approximate surface area is 118 Å². The topological polar surface area (TPSA) is 56.1 Å². The number of nitriles is 1. The standard InChI is InChI=1S/C14H19N3OS/c1-14(10-15,11-5-6-11)16-13(18)9-17(2)8-12-4-3-7-19-12/h3-4,7,11H,5-6,8-9H2,1-2H3,(H,16,18)/t14-/m1/s1. The molecule has 1 saturated carbocycles. The zero-order valence-electron chi connectivity index (χ0n) is 11.3. The van der Waals surface area contributed by atoms with E-state index in [-0.39, 0.29) is 5.91 Å². The highest BCUT2D eigenvalue weighted by molar-refractivity contribution is 7.09. The Kier molecular flexibility index (Phi) is 4.23. The Balaban J connectivity index is 1.82. The number of hydrogen-bond donors (Lipinski definition) is 1. The van der Waals surface area contributed by atoms with Crippen LogP contribution in [0.2, 0.25) is 0 Å². The summed E-state index contributed by atoms with van der Waals surface area (Å²) in [5, 5.41) is 14.1. The van der Waals surface area contributed by atoms with Gasteiger partial charge in [-0.15, -0.1) is 11.3 Å².